The zero-order valence-electron chi connectivity index (χ0n) is 9.81. The summed E-state index contributed by atoms with van der Waals surface area (Å²) in [6.07, 6.45) is -1.01. The lowest BCUT2D eigenvalue weighted by Crippen LogP contribution is -1.92. The van der Waals surface area contributed by atoms with Crippen LogP contribution in [-0.2, 0) is 0 Å². The minimum atomic E-state index is -0.961. The van der Waals surface area contributed by atoms with Crippen molar-refractivity contribution in [2.45, 2.75) is 12.5 Å². The first-order valence-electron chi connectivity index (χ1n) is 5.51. The lowest BCUT2D eigenvalue weighted by Gasteiger charge is -2.01. The zero-order valence-corrected chi connectivity index (χ0v) is 9.81. The largest absolute Gasteiger partial charge is 0.458 e. The van der Waals surface area contributed by atoms with Gasteiger partial charge in [0.05, 0.1) is 17.4 Å². The molecule has 0 aliphatic heterocycles. The smallest absolute Gasteiger partial charge is 0.269 e. The molecule has 0 spiro atoms. The number of hydrogen-bond acceptors (Lipinski definition) is 5. The lowest BCUT2D eigenvalue weighted by atomic mass is 10.1. The van der Waals surface area contributed by atoms with Crippen LogP contribution in [0.15, 0.2) is 40.8 Å². The molecule has 2 aromatic rings. The third-order valence-corrected chi connectivity index (χ3v) is 2.60. The standard InChI is InChI=1S/C13H10N2O4/c14-8-7-11(16)13-6-5-12(19-13)9-1-3-10(4-2-9)15(17)18/h1-6,11,16H,7H2/t11-/m0/s1. The van der Waals surface area contributed by atoms with Crippen molar-refractivity contribution in [3.05, 3.63) is 52.3 Å². The molecule has 0 amide bonds. The first kappa shape index (κ1) is 12.8. The van der Waals surface area contributed by atoms with Crippen LogP contribution >= 0.6 is 0 Å². The fraction of sp³-hybridized carbons (Fsp3) is 0.154. The van der Waals surface area contributed by atoms with Gasteiger partial charge in [0.15, 0.2) is 0 Å². The first-order chi connectivity index (χ1) is 9.11. The number of nitriles is 1. The maximum Gasteiger partial charge on any atom is 0.269 e. The Morgan fingerprint density at radius 1 is 1.32 bits per heavy atom. The third-order valence-electron chi connectivity index (χ3n) is 2.60. The molecule has 0 saturated heterocycles. The van der Waals surface area contributed by atoms with Gasteiger partial charge in [-0.3, -0.25) is 10.1 Å². The Balaban J connectivity index is 2.23. The van der Waals surface area contributed by atoms with Crippen molar-refractivity contribution in [2.75, 3.05) is 0 Å². The van der Waals surface area contributed by atoms with Gasteiger partial charge in [-0.1, -0.05) is 0 Å². The second kappa shape index (κ2) is 5.33. The second-order valence-corrected chi connectivity index (χ2v) is 3.88. The maximum atomic E-state index is 10.5. The van der Waals surface area contributed by atoms with Crippen LogP contribution in [0.5, 0.6) is 0 Å². The number of furan rings is 1. The number of hydrogen-bond donors (Lipinski definition) is 1. The highest BCUT2D eigenvalue weighted by Gasteiger charge is 2.13. The molecule has 19 heavy (non-hydrogen) atoms. The van der Waals surface area contributed by atoms with Crippen LogP contribution in [0, 0.1) is 21.4 Å². The minimum absolute atomic E-state index is 0.0000415. The highest BCUT2D eigenvalue weighted by Crippen LogP contribution is 2.27. The molecule has 2 rings (SSSR count). The van der Waals surface area contributed by atoms with E-state index >= 15 is 0 Å². The zero-order chi connectivity index (χ0) is 13.8. The molecular weight excluding hydrogens is 248 g/mol. The van der Waals surface area contributed by atoms with E-state index in [9.17, 15) is 15.2 Å². The molecule has 0 bridgehead atoms. The Labute approximate surface area is 108 Å². The van der Waals surface area contributed by atoms with Gasteiger partial charge in [0.25, 0.3) is 5.69 Å². The summed E-state index contributed by atoms with van der Waals surface area (Å²) in [4.78, 5) is 10.1. The van der Waals surface area contributed by atoms with Crippen molar-refractivity contribution >= 4 is 5.69 Å². The van der Waals surface area contributed by atoms with E-state index in [2.05, 4.69) is 0 Å². The second-order valence-electron chi connectivity index (χ2n) is 3.88. The number of aliphatic hydroxyl groups is 1. The predicted molar refractivity (Wildman–Crippen MR) is 66.0 cm³/mol. The van der Waals surface area contributed by atoms with Gasteiger partial charge >= 0.3 is 0 Å². The Kier molecular flexibility index (Phi) is 3.59. The molecule has 0 fully saturated rings. The quantitative estimate of drug-likeness (QED) is 0.671. The molecule has 1 aromatic carbocycles. The van der Waals surface area contributed by atoms with Crippen molar-refractivity contribution in [1.29, 1.82) is 5.26 Å². The molecular formula is C13H10N2O4. The van der Waals surface area contributed by atoms with Gasteiger partial charge in [-0.15, -0.1) is 0 Å². The van der Waals surface area contributed by atoms with Gasteiger partial charge in [-0.2, -0.15) is 5.26 Å². The SMILES string of the molecule is N#CC[C@H](O)c1ccc(-c2ccc([N+](=O)[O-])cc2)o1. The van der Waals surface area contributed by atoms with E-state index in [-0.39, 0.29) is 12.1 Å². The van der Waals surface area contributed by atoms with Gasteiger partial charge in [0.2, 0.25) is 0 Å². The average Bonchev–Trinajstić information content (AvgIpc) is 2.89. The van der Waals surface area contributed by atoms with E-state index in [1.165, 1.54) is 12.1 Å². The van der Waals surface area contributed by atoms with E-state index in [0.29, 0.717) is 17.1 Å². The lowest BCUT2D eigenvalue weighted by molar-refractivity contribution is -0.384. The van der Waals surface area contributed by atoms with Crippen molar-refractivity contribution in [3.8, 4) is 17.4 Å². The van der Waals surface area contributed by atoms with E-state index in [0.717, 1.165) is 0 Å². The van der Waals surface area contributed by atoms with Gasteiger partial charge in [0.1, 0.15) is 17.6 Å². The van der Waals surface area contributed by atoms with Crippen molar-refractivity contribution in [1.82, 2.24) is 0 Å². The van der Waals surface area contributed by atoms with E-state index in [4.69, 9.17) is 9.68 Å². The summed E-state index contributed by atoms with van der Waals surface area (Å²) in [5.74, 6) is 0.789. The van der Waals surface area contributed by atoms with Gasteiger partial charge in [0, 0.05) is 17.7 Å². The Hall–Kier alpha value is -2.65. The van der Waals surface area contributed by atoms with Crippen LogP contribution in [0.1, 0.15) is 18.3 Å². The van der Waals surface area contributed by atoms with Crippen molar-refractivity contribution < 1.29 is 14.4 Å². The molecule has 6 nitrogen and oxygen atoms in total. The van der Waals surface area contributed by atoms with Crippen LogP contribution in [-0.4, -0.2) is 10.0 Å². The molecule has 1 heterocycles. The van der Waals surface area contributed by atoms with E-state index < -0.39 is 11.0 Å². The molecule has 0 aliphatic carbocycles. The third kappa shape index (κ3) is 2.78. The number of rotatable bonds is 4. The first-order valence-corrected chi connectivity index (χ1v) is 5.51. The van der Waals surface area contributed by atoms with Crippen LogP contribution < -0.4 is 0 Å². The van der Waals surface area contributed by atoms with Crippen LogP contribution in [0.4, 0.5) is 5.69 Å². The van der Waals surface area contributed by atoms with Crippen molar-refractivity contribution in [2.24, 2.45) is 0 Å². The highest BCUT2D eigenvalue weighted by molar-refractivity contribution is 5.59. The molecule has 1 atom stereocenters. The Morgan fingerprint density at radius 3 is 2.58 bits per heavy atom. The van der Waals surface area contributed by atoms with Gasteiger partial charge < -0.3 is 9.52 Å². The van der Waals surface area contributed by atoms with Gasteiger partial charge in [-0.05, 0) is 24.3 Å². The topological polar surface area (TPSA) is 100 Å². The monoisotopic (exact) mass is 258 g/mol. The van der Waals surface area contributed by atoms with E-state index in [1.807, 2.05) is 6.07 Å². The summed E-state index contributed by atoms with van der Waals surface area (Å²) in [7, 11) is 0. The van der Waals surface area contributed by atoms with Crippen LogP contribution in [0.3, 0.4) is 0 Å². The number of nitro groups is 1. The summed E-state index contributed by atoms with van der Waals surface area (Å²) in [6.45, 7) is 0. The fourth-order valence-electron chi connectivity index (χ4n) is 1.62. The average molecular weight is 258 g/mol. The number of aliphatic hydroxyl groups excluding tert-OH is 1. The summed E-state index contributed by atoms with van der Waals surface area (Å²) in [6, 6.07) is 11.0. The molecule has 96 valence electrons. The number of benzene rings is 1. The van der Waals surface area contributed by atoms with Crippen molar-refractivity contribution in [3.63, 3.8) is 0 Å². The fourth-order valence-corrected chi connectivity index (χ4v) is 1.62. The Morgan fingerprint density at radius 2 is 2.00 bits per heavy atom. The molecule has 1 N–H and O–H groups in total. The Bertz CT molecular complexity index is 625. The molecule has 0 saturated carbocycles. The summed E-state index contributed by atoms with van der Waals surface area (Å²) >= 11 is 0. The van der Waals surface area contributed by atoms with Crippen LogP contribution in [0.2, 0.25) is 0 Å². The predicted octanol–water partition coefficient (Wildman–Crippen LogP) is 2.80. The molecule has 0 unspecified atom stereocenters. The molecule has 1 aromatic heterocycles. The summed E-state index contributed by atoms with van der Waals surface area (Å²) < 4.78 is 5.41. The summed E-state index contributed by atoms with van der Waals surface area (Å²) in [5, 5.41) is 28.6. The molecule has 6 heteroatoms. The minimum Gasteiger partial charge on any atom is -0.458 e. The number of non-ortho nitro benzene ring substituents is 1. The summed E-state index contributed by atoms with van der Waals surface area (Å²) in [5.41, 5.74) is 0.668. The van der Waals surface area contributed by atoms with E-state index in [1.54, 1.807) is 24.3 Å². The van der Waals surface area contributed by atoms with Gasteiger partial charge in [-0.25, -0.2) is 0 Å². The molecule has 0 aliphatic rings. The number of nitrogens with zero attached hydrogens (tertiary/aromatic N) is 2. The number of nitro benzene ring substituents is 1. The molecule has 0 radical (unpaired) electrons. The highest BCUT2D eigenvalue weighted by atomic mass is 16.6. The van der Waals surface area contributed by atoms with Crippen LogP contribution in [0.25, 0.3) is 11.3 Å². The normalized spacial score (nSPS) is 11.8. The maximum absolute atomic E-state index is 10.5.